The highest BCUT2D eigenvalue weighted by atomic mass is 19.1. The normalized spacial score (nSPS) is 11.0. The van der Waals surface area contributed by atoms with Crippen molar-refractivity contribution >= 4 is 11.6 Å². The molecule has 1 N–H and O–H groups in total. The number of halogens is 1. The zero-order valence-electron chi connectivity index (χ0n) is 14.6. The Morgan fingerprint density at radius 1 is 1.15 bits per heavy atom. The second kappa shape index (κ2) is 6.99. The van der Waals surface area contributed by atoms with E-state index in [0.29, 0.717) is 23.5 Å². The van der Waals surface area contributed by atoms with Crippen molar-refractivity contribution in [3.8, 4) is 5.69 Å². The molecule has 4 aromatic rings. The average molecular weight is 364 g/mol. The van der Waals surface area contributed by atoms with Crippen LogP contribution in [-0.2, 0) is 13.0 Å². The molecule has 3 heterocycles. The molecule has 136 valence electrons. The van der Waals surface area contributed by atoms with Crippen molar-refractivity contribution in [1.82, 2.24) is 29.7 Å². The monoisotopic (exact) mass is 364 g/mol. The zero-order chi connectivity index (χ0) is 18.8. The molecular formula is C19H17FN6O. The quantitative estimate of drug-likeness (QED) is 0.590. The zero-order valence-corrected chi connectivity index (χ0v) is 14.6. The molecular weight excluding hydrogens is 347 g/mol. The van der Waals surface area contributed by atoms with Crippen LogP contribution in [0.4, 0.5) is 4.39 Å². The molecule has 4 rings (SSSR count). The van der Waals surface area contributed by atoms with E-state index in [1.807, 2.05) is 35.7 Å². The van der Waals surface area contributed by atoms with E-state index >= 15 is 0 Å². The van der Waals surface area contributed by atoms with Crippen molar-refractivity contribution in [2.75, 3.05) is 0 Å². The van der Waals surface area contributed by atoms with Gasteiger partial charge in [-0.2, -0.15) is 5.10 Å². The van der Waals surface area contributed by atoms with E-state index < -0.39 is 0 Å². The lowest BCUT2D eigenvalue weighted by Gasteiger charge is -2.08. The largest absolute Gasteiger partial charge is 0.345 e. The maximum absolute atomic E-state index is 13.2. The van der Waals surface area contributed by atoms with Gasteiger partial charge in [-0.05, 0) is 42.8 Å². The van der Waals surface area contributed by atoms with Crippen LogP contribution in [0.15, 0.2) is 54.9 Å². The summed E-state index contributed by atoms with van der Waals surface area (Å²) in [7, 11) is 0. The summed E-state index contributed by atoms with van der Waals surface area (Å²) in [6.45, 7) is 2.19. The second-order valence-electron chi connectivity index (χ2n) is 5.97. The van der Waals surface area contributed by atoms with Crippen molar-refractivity contribution < 1.29 is 9.18 Å². The number of fused-ring (bicyclic) bond motifs is 1. The van der Waals surface area contributed by atoms with E-state index in [1.54, 1.807) is 16.8 Å². The molecule has 0 bridgehead atoms. The van der Waals surface area contributed by atoms with Crippen LogP contribution in [0, 0.1) is 5.82 Å². The molecule has 7 nitrogen and oxygen atoms in total. The minimum absolute atomic E-state index is 0.243. The summed E-state index contributed by atoms with van der Waals surface area (Å²) in [5, 5.41) is 15.3. The summed E-state index contributed by atoms with van der Waals surface area (Å²) in [6, 6.07) is 11.6. The van der Waals surface area contributed by atoms with E-state index in [1.165, 1.54) is 18.3 Å². The van der Waals surface area contributed by atoms with Gasteiger partial charge in [-0.1, -0.05) is 13.0 Å². The van der Waals surface area contributed by atoms with E-state index in [2.05, 4.69) is 20.6 Å². The van der Waals surface area contributed by atoms with Crippen molar-refractivity contribution in [2.45, 2.75) is 19.9 Å². The summed E-state index contributed by atoms with van der Waals surface area (Å²) >= 11 is 0. The van der Waals surface area contributed by atoms with Gasteiger partial charge in [0.15, 0.2) is 11.5 Å². The number of nitrogens with one attached hydrogen (secondary N) is 1. The van der Waals surface area contributed by atoms with Gasteiger partial charge >= 0.3 is 0 Å². The molecule has 27 heavy (non-hydrogen) atoms. The molecule has 0 saturated heterocycles. The van der Waals surface area contributed by atoms with Crippen LogP contribution in [0.1, 0.15) is 28.8 Å². The Hall–Kier alpha value is -3.55. The van der Waals surface area contributed by atoms with Crippen molar-refractivity contribution in [3.05, 3.63) is 77.8 Å². The molecule has 3 aromatic heterocycles. The van der Waals surface area contributed by atoms with E-state index in [4.69, 9.17) is 0 Å². The molecule has 1 amide bonds. The van der Waals surface area contributed by atoms with Gasteiger partial charge in [0.05, 0.1) is 29.7 Å². The predicted molar refractivity (Wildman–Crippen MR) is 97.1 cm³/mol. The lowest BCUT2D eigenvalue weighted by atomic mass is 10.2. The summed E-state index contributed by atoms with van der Waals surface area (Å²) < 4.78 is 16.6. The Morgan fingerprint density at radius 2 is 1.96 bits per heavy atom. The van der Waals surface area contributed by atoms with Gasteiger partial charge in [-0.3, -0.25) is 9.20 Å². The third kappa shape index (κ3) is 3.17. The molecule has 0 atom stereocenters. The highest BCUT2D eigenvalue weighted by Gasteiger charge is 2.17. The SMILES string of the molecule is CCc1c(C(=O)NCc2nnc3ccccn23)cnn1-c1ccc(F)cc1. The van der Waals surface area contributed by atoms with Crippen LogP contribution in [0.5, 0.6) is 0 Å². The van der Waals surface area contributed by atoms with Gasteiger partial charge < -0.3 is 5.32 Å². The second-order valence-corrected chi connectivity index (χ2v) is 5.97. The molecule has 0 aliphatic carbocycles. The van der Waals surface area contributed by atoms with Gasteiger partial charge in [0.2, 0.25) is 0 Å². The maximum atomic E-state index is 13.2. The lowest BCUT2D eigenvalue weighted by Crippen LogP contribution is -2.25. The molecule has 0 fully saturated rings. The minimum Gasteiger partial charge on any atom is -0.345 e. The number of aromatic nitrogens is 5. The Balaban J connectivity index is 1.56. The predicted octanol–water partition coefficient (Wildman–Crippen LogP) is 2.55. The third-order valence-electron chi connectivity index (χ3n) is 4.31. The fourth-order valence-electron chi connectivity index (χ4n) is 2.97. The fraction of sp³-hybridized carbons (Fsp3) is 0.158. The minimum atomic E-state index is -0.317. The van der Waals surface area contributed by atoms with Crippen LogP contribution < -0.4 is 5.32 Å². The first kappa shape index (κ1) is 16.9. The highest BCUT2D eigenvalue weighted by Crippen LogP contribution is 2.16. The standard InChI is InChI=1S/C19H17FN6O/c1-2-16-15(11-22-26(16)14-8-6-13(20)7-9-14)19(27)21-12-18-24-23-17-5-3-4-10-25(17)18/h3-11H,2,12H2,1H3,(H,21,27). The number of carbonyl (C=O) groups is 1. The molecule has 0 radical (unpaired) electrons. The Kier molecular flexibility index (Phi) is 4.37. The number of hydrogen-bond acceptors (Lipinski definition) is 4. The summed E-state index contributed by atoms with van der Waals surface area (Å²) in [6.07, 6.45) is 3.98. The van der Waals surface area contributed by atoms with E-state index in [-0.39, 0.29) is 18.3 Å². The molecule has 0 aliphatic heterocycles. The summed E-state index contributed by atoms with van der Waals surface area (Å²) in [5.41, 5.74) is 2.66. The first-order valence-electron chi connectivity index (χ1n) is 8.57. The van der Waals surface area contributed by atoms with Gasteiger partial charge in [0, 0.05) is 6.20 Å². The Labute approximate surface area is 154 Å². The van der Waals surface area contributed by atoms with Gasteiger partial charge in [0.1, 0.15) is 5.82 Å². The number of amides is 1. The molecule has 0 unspecified atom stereocenters. The van der Waals surface area contributed by atoms with Crippen LogP contribution in [0.3, 0.4) is 0 Å². The van der Waals surface area contributed by atoms with Crippen molar-refractivity contribution in [2.24, 2.45) is 0 Å². The molecule has 0 saturated carbocycles. The number of carbonyl (C=O) groups excluding carboxylic acids is 1. The van der Waals surface area contributed by atoms with Crippen LogP contribution in [0.25, 0.3) is 11.3 Å². The fourth-order valence-corrected chi connectivity index (χ4v) is 2.97. The topological polar surface area (TPSA) is 77.1 Å². The number of pyridine rings is 1. The molecule has 0 aliphatic rings. The number of benzene rings is 1. The van der Waals surface area contributed by atoms with Crippen molar-refractivity contribution in [3.63, 3.8) is 0 Å². The number of nitrogens with zero attached hydrogens (tertiary/aromatic N) is 5. The smallest absolute Gasteiger partial charge is 0.255 e. The number of rotatable bonds is 5. The Bertz CT molecular complexity index is 1100. The maximum Gasteiger partial charge on any atom is 0.255 e. The molecule has 0 spiro atoms. The highest BCUT2D eigenvalue weighted by molar-refractivity contribution is 5.95. The van der Waals surface area contributed by atoms with Gasteiger partial charge in [-0.15, -0.1) is 10.2 Å². The van der Waals surface area contributed by atoms with Crippen LogP contribution in [0.2, 0.25) is 0 Å². The van der Waals surface area contributed by atoms with E-state index in [0.717, 1.165) is 11.3 Å². The Morgan fingerprint density at radius 3 is 2.74 bits per heavy atom. The summed E-state index contributed by atoms with van der Waals surface area (Å²) in [5.74, 6) is 0.0817. The van der Waals surface area contributed by atoms with Crippen LogP contribution >= 0.6 is 0 Å². The van der Waals surface area contributed by atoms with Crippen LogP contribution in [-0.4, -0.2) is 30.3 Å². The molecule has 8 heteroatoms. The first-order valence-corrected chi connectivity index (χ1v) is 8.57. The lowest BCUT2D eigenvalue weighted by molar-refractivity contribution is 0.0949. The third-order valence-corrected chi connectivity index (χ3v) is 4.31. The van der Waals surface area contributed by atoms with E-state index in [9.17, 15) is 9.18 Å². The average Bonchev–Trinajstić information content (AvgIpc) is 3.31. The van der Waals surface area contributed by atoms with Crippen molar-refractivity contribution in [1.29, 1.82) is 0 Å². The summed E-state index contributed by atoms with van der Waals surface area (Å²) in [4.78, 5) is 12.7. The molecule has 1 aromatic carbocycles. The van der Waals surface area contributed by atoms with Gasteiger partial charge in [0.25, 0.3) is 5.91 Å². The number of hydrogen-bond donors (Lipinski definition) is 1. The first-order chi connectivity index (χ1) is 13.2. The van der Waals surface area contributed by atoms with Gasteiger partial charge in [-0.25, -0.2) is 9.07 Å².